The Labute approximate surface area is 191 Å². The van der Waals surface area contributed by atoms with Crippen LogP contribution < -0.4 is 0 Å². The lowest BCUT2D eigenvalue weighted by molar-refractivity contribution is 0.0690. The first kappa shape index (κ1) is 22.7. The van der Waals surface area contributed by atoms with Crippen LogP contribution in [0.15, 0.2) is 30.3 Å². The number of halogens is 1. The van der Waals surface area contributed by atoms with Gasteiger partial charge in [-0.2, -0.15) is 5.10 Å². The lowest BCUT2D eigenvalue weighted by atomic mass is 9.86. The minimum atomic E-state index is -1.12. The number of piperidine rings is 1. The molecule has 3 aromatic rings. The van der Waals surface area contributed by atoms with Crippen molar-refractivity contribution in [1.82, 2.24) is 19.7 Å². The lowest BCUT2D eigenvalue weighted by Crippen LogP contribution is -2.38. The quantitative estimate of drug-likeness (QED) is 0.599. The number of likely N-dealkylation sites (tertiary alicyclic amines) is 1. The van der Waals surface area contributed by atoms with Gasteiger partial charge in [0, 0.05) is 18.5 Å². The Kier molecular flexibility index (Phi) is 6.31. The van der Waals surface area contributed by atoms with Gasteiger partial charge in [0.1, 0.15) is 5.82 Å². The fraction of sp³-hybridized carbons (Fsp3) is 0.417. The molecule has 0 bridgehead atoms. The van der Waals surface area contributed by atoms with Crippen LogP contribution in [0.4, 0.5) is 9.18 Å². The molecule has 33 heavy (non-hydrogen) atoms. The van der Waals surface area contributed by atoms with Crippen LogP contribution in [0.25, 0.3) is 16.7 Å². The Morgan fingerprint density at radius 3 is 2.45 bits per heavy atom. The summed E-state index contributed by atoms with van der Waals surface area (Å²) in [4.78, 5) is 30.1. The number of amides is 1. The normalized spacial score (nSPS) is 14.8. The van der Waals surface area contributed by atoms with Crippen LogP contribution >= 0.6 is 0 Å². The molecule has 0 radical (unpaired) electrons. The molecule has 174 valence electrons. The van der Waals surface area contributed by atoms with Crippen molar-refractivity contribution in [1.29, 1.82) is 0 Å². The van der Waals surface area contributed by atoms with Gasteiger partial charge in [-0.05, 0) is 67.5 Å². The summed E-state index contributed by atoms with van der Waals surface area (Å²) in [6, 6.07) is 7.50. The standard InChI is InChI=1S/C24H27FN4O4/c1-4-33-24(32)28-11-9-15(10-12-28)18-13-19(23(30)31)26-22-20(18)21(14(2)3)27-29(22)17-7-5-16(25)6-8-17/h5-8,13-15H,4,9-12H2,1-3H3,(H,30,31). The highest BCUT2D eigenvalue weighted by atomic mass is 19.1. The second kappa shape index (κ2) is 9.17. The summed E-state index contributed by atoms with van der Waals surface area (Å²) in [5.41, 5.74) is 2.66. The Morgan fingerprint density at radius 1 is 1.21 bits per heavy atom. The average Bonchev–Trinajstić information content (AvgIpc) is 3.19. The van der Waals surface area contributed by atoms with Crippen LogP contribution in [-0.2, 0) is 4.74 Å². The van der Waals surface area contributed by atoms with Crippen molar-refractivity contribution < 1.29 is 23.8 Å². The minimum absolute atomic E-state index is 0.0441. The number of hydrogen-bond donors (Lipinski definition) is 1. The van der Waals surface area contributed by atoms with E-state index in [0.29, 0.717) is 43.9 Å². The molecule has 0 unspecified atom stereocenters. The summed E-state index contributed by atoms with van der Waals surface area (Å²) < 4.78 is 20.2. The number of aromatic nitrogens is 3. The molecule has 3 heterocycles. The summed E-state index contributed by atoms with van der Waals surface area (Å²) in [7, 11) is 0. The third-order valence-electron chi connectivity index (χ3n) is 5.99. The summed E-state index contributed by atoms with van der Waals surface area (Å²) >= 11 is 0. The Hall–Kier alpha value is -3.49. The van der Waals surface area contributed by atoms with E-state index >= 15 is 0 Å². The van der Waals surface area contributed by atoms with E-state index in [4.69, 9.17) is 9.84 Å². The number of carboxylic acid groups (broad SMARTS) is 1. The van der Waals surface area contributed by atoms with Crippen LogP contribution in [0.5, 0.6) is 0 Å². The minimum Gasteiger partial charge on any atom is -0.477 e. The molecule has 0 saturated carbocycles. The van der Waals surface area contributed by atoms with Gasteiger partial charge in [0.25, 0.3) is 0 Å². The second-order valence-electron chi connectivity index (χ2n) is 8.49. The SMILES string of the molecule is CCOC(=O)N1CCC(c2cc(C(=O)O)nc3c2c(C(C)C)nn3-c2ccc(F)cc2)CC1. The molecule has 9 heteroatoms. The summed E-state index contributed by atoms with van der Waals surface area (Å²) in [5, 5.41) is 15.3. The maximum atomic E-state index is 13.5. The van der Waals surface area contributed by atoms with Crippen LogP contribution in [0.1, 0.15) is 67.2 Å². The molecule has 1 aromatic carbocycles. The van der Waals surface area contributed by atoms with E-state index in [9.17, 15) is 19.1 Å². The van der Waals surface area contributed by atoms with Gasteiger partial charge in [-0.25, -0.2) is 23.6 Å². The van der Waals surface area contributed by atoms with Crippen LogP contribution in [0.2, 0.25) is 0 Å². The average molecular weight is 455 g/mol. The molecule has 8 nitrogen and oxygen atoms in total. The molecule has 0 spiro atoms. The summed E-state index contributed by atoms with van der Waals surface area (Å²) in [6.07, 6.45) is 1.03. The topological polar surface area (TPSA) is 97.6 Å². The molecule has 2 aromatic heterocycles. The number of ether oxygens (including phenoxy) is 1. The zero-order chi connectivity index (χ0) is 23.7. The van der Waals surface area contributed by atoms with Gasteiger partial charge >= 0.3 is 12.1 Å². The zero-order valence-electron chi connectivity index (χ0n) is 18.9. The van der Waals surface area contributed by atoms with Crippen molar-refractivity contribution in [2.24, 2.45) is 0 Å². The third-order valence-corrected chi connectivity index (χ3v) is 5.99. The number of fused-ring (bicyclic) bond motifs is 1. The number of nitrogens with zero attached hydrogens (tertiary/aromatic N) is 4. The van der Waals surface area contributed by atoms with Crippen molar-refractivity contribution in [2.45, 2.75) is 45.4 Å². The molecule has 1 N–H and O–H groups in total. The highest BCUT2D eigenvalue weighted by Gasteiger charge is 2.30. The number of carboxylic acids is 1. The van der Waals surface area contributed by atoms with E-state index < -0.39 is 5.97 Å². The smallest absolute Gasteiger partial charge is 0.409 e. The number of rotatable bonds is 5. The van der Waals surface area contributed by atoms with Crippen LogP contribution in [-0.4, -0.2) is 56.5 Å². The molecule has 1 fully saturated rings. The van der Waals surface area contributed by atoms with Gasteiger partial charge in [0.05, 0.1) is 18.0 Å². The Bertz CT molecular complexity index is 1180. The predicted molar refractivity (Wildman–Crippen MR) is 120 cm³/mol. The monoisotopic (exact) mass is 454 g/mol. The summed E-state index contributed by atoms with van der Waals surface area (Å²) in [6.45, 7) is 7.20. The first-order valence-corrected chi connectivity index (χ1v) is 11.1. The molecular formula is C24H27FN4O4. The lowest BCUT2D eigenvalue weighted by Gasteiger charge is -2.32. The largest absolute Gasteiger partial charge is 0.477 e. The van der Waals surface area contributed by atoms with E-state index in [0.717, 1.165) is 16.6 Å². The first-order valence-electron chi connectivity index (χ1n) is 11.1. The fourth-order valence-corrected chi connectivity index (χ4v) is 4.36. The van der Waals surface area contributed by atoms with Gasteiger partial charge in [-0.1, -0.05) is 13.8 Å². The number of hydrogen-bond acceptors (Lipinski definition) is 5. The number of carbonyl (C=O) groups is 2. The number of aromatic carboxylic acids is 1. The molecular weight excluding hydrogens is 427 g/mol. The Morgan fingerprint density at radius 2 is 1.88 bits per heavy atom. The highest BCUT2D eigenvalue weighted by Crippen LogP contribution is 2.37. The number of pyridine rings is 1. The van der Waals surface area contributed by atoms with Crippen molar-refractivity contribution in [3.63, 3.8) is 0 Å². The second-order valence-corrected chi connectivity index (χ2v) is 8.49. The van der Waals surface area contributed by atoms with E-state index in [2.05, 4.69) is 4.98 Å². The third kappa shape index (κ3) is 4.40. The fourth-order valence-electron chi connectivity index (χ4n) is 4.36. The van der Waals surface area contributed by atoms with Crippen molar-refractivity contribution in [3.8, 4) is 5.69 Å². The van der Waals surface area contributed by atoms with Gasteiger partial charge in [-0.3, -0.25) is 0 Å². The van der Waals surface area contributed by atoms with Gasteiger partial charge < -0.3 is 14.7 Å². The Balaban J connectivity index is 1.83. The van der Waals surface area contributed by atoms with Crippen molar-refractivity contribution in [3.05, 3.63) is 53.1 Å². The van der Waals surface area contributed by atoms with Crippen molar-refractivity contribution >= 4 is 23.1 Å². The van der Waals surface area contributed by atoms with E-state index in [1.54, 1.807) is 34.7 Å². The zero-order valence-corrected chi connectivity index (χ0v) is 18.9. The van der Waals surface area contributed by atoms with E-state index in [-0.39, 0.29) is 29.4 Å². The van der Waals surface area contributed by atoms with E-state index in [1.165, 1.54) is 12.1 Å². The molecule has 1 saturated heterocycles. The first-order chi connectivity index (χ1) is 15.8. The molecule has 1 aliphatic heterocycles. The van der Waals surface area contributed by atoms with Gasteiger partial charge in [0.2, 0.25) is 0 Å². The molecule has 0 aliphatic carbocycles. The van der Waals surface area contributed by atoms with Gasteiger partial charge in [-0.15, -0.1) is 0 Å². The number of carbonyl (C=O) groups excluding carboxylic acids is 1. The maximum Gasteiger partial charge on any atom is 0.409 e. The molecule has 1 amide bonds. The van der Waals surface area contributed by atoms with E-state index in [1.807, 2.05) is 13.8 Å². The predicted octanol–water partition coefficient (Wildman–Crippen LogP) is 4.72. The molecule has 4 rings (SSSR count). The van der Waals surface area contributed by atoms with Crippen molar-refractivity contribution in [2.75, 3.05) is 19.7 Å². The van der Waals surface area contributed by atoms with Gasteiger partial charge in [0.15, 0.2) is 11.3 Å². The van der Waals surface area contributed by atoms with Crippen LogP contribution in [0.3, 0.4) is 0 Å². The summed E-state index contributed by atoms with van der Waals surface area (Å²) in [5.74, 6) is -1.39. The molecule has 0 atom stereocenters. The molecule has 1 aliphatic rings. The highest BCUT2D eigenvalue weighted by molar-refractivity contribution is 5.92. The van der Waals surface area contributed by atoms with Crippen LogP contribution in [0, 0.1) is 5.82 Å². The maximum absolute atomic E-state index is 13.5. The number of benzene rings is 1.